The number of benzene rings is 2. The molecule has 0 unspecified atom stereocenters. The van der Waals surface area contributed by atoms with Crippen LogP contribution in [0.1, 0.15) is 17.0 Å². The standard InChI is InChI=1S/C19H18ClN3O3/c1-12-7-8-13(2)16(9-12)25-11-17(24)21-10-18-22-19(23-26-18)14-5-3-4-6-15(14)20/h3-9H,10-11H2,1-2H3,(H,21,24). The van der Waals surface area contributed by atoms with E-state index in [0.717, 1.165) is 11.1 Å². The van der Waals surface area contributed by atoms with Crippen LogP contribution in [0, 0.1) is 13.8 Å². The van der Waals surface area contributed by atoms with Crippen molar-refractivity contribution in [3.05, 3.63) is 64.5 Å². The quantitative estimate of drug-likeness (QED) is 0.714. The highest BCUT2D eigenvalue weighted by molar-refractivity contribution is 6.33. The monoisotopic (exact) mass is 371 g/mol. The highest BCUT2D eigenvalue weighted by Crippen LogP contribution is 2.24. The van der Waals surface area contributed by atoms with Gasteiger partial charge >= 0.3 is 0 Å². The third-order valence-electron chi connectivity index (χ3n) is 3.72. The zero-order valence-electron chi connectivity index (χ0n) is 14.5. The van der Waals surface area contributed by atoms with Crippen molar-refractivity contribution in [2.45, 2.75) is 20.4 Å². The van der Waals surface area contributed by atoms with Crippen LogP contribution in [0.5, 0.6) is 5.75 Å². The first-order valence-corrected chi connectivity index (χ1v) is 8.45. The number of hydrogen-bond acceptors (Lipinski definition) is 5. The maximum atomic E-state index is 12.0. The van der Waals surface area contributed by atoms with Gasteiger partial charge in [-0.15, -0.1) is 0 Å². The molecule has 0 fully saturated rings. The Hall–Kier alpha value is -2.86. The van der Waals surface area contributed by atoms with Gasteiger partial charge < -0.3 is 14.6 Å². The number of carbonyl (C=O) groups is 1. The molecule has 26 heavy (non-hydrogen) atoms. The summed E-state index contributed by atoms with van der Waals surface area (Å²) in [5, 5.41) is 7.11. The topological polar surface area (TPSA) is 77.2 Å². The SMILES string of the molecule is Cc1ccc(C)c(OCC(=O)NCc2nc(-c3ccccc3Cl)no2)c1. The summed E-state index contributed by atoms with van der Waals surface area (Å²) in [5.41, 5.74) is 2.72. The van der Waals surface area contributed by atoms with E-state index in [-0.39, 0.29) is 19.1 Å². The van der Waals surface area contributed by atoms with E-state index in [0.29, 0.717) is 28.1 Å². The third-order valence-corrected chi connectivity index (χ3v) is 4.05. The van der Waals surface area contributed by atoms with Gasteiger partial charge in [-0.2, -0.15) is 4.98 Å². The molecular weight excluding hydrogens is 354 g/mol. The van der Waals surface area contributed by atoms with Crippen molar-refractivity contribution in [1.82, 2.24) is 15.5 Å². The molecule has 0 bridgehead atoms. The normalized spacial score (nSPS) is 10.6. The molecular formula is C19H18ClN3O3. The Morgan fingerprint density at radius 2 is 2.04 bits per heavy atom. The van der Waals surface area contributed by atoms with E-state index in [1.165, 1.54) is 0 Å². The van der Waals surface area contributed by atoms with Gasteiger partial charge in [-0.1, -0.05) is 41.0 Å². The number of halogens is 1. The highest BCUT2D eigenvalue weighted by Gasteiger charge is 2.12. The second-order valence-electron chi connectivity index (χ2n) is 5.83. The zero-order valence-corrected chi connectivity index (χ0v) is 15.2. The number of nitrogens with one attached hydrogen (secondary N) is 1. The number of carbonyl (C=O) groups excluding carboxylic acids is 1. The van der Waals surface area contributed by atoms with E-state index < -0.39 is 0 Å². The fourth-order valence-corrected chi connectivity index (χ4v) is 2.53. The average Bonchev–Trinajstić information content (AvgIpc) is 3.10. The molecule has 3 rings (SSSR count). The minimum Gasteiger partial charge on any atom is -0.483 e. The van der Waals surface area contributed by atoms with Crippen LogP contribution < -0.4 is 10.1 Å². The van der Waals surface area contributed by atoms with Crippen LogP contribution in [-0.2, 0) is 11.3 Å². The van der Waals surface area contributed by atoms with Crippen LogP contribution in [-0.4, -0.2) is 22.7 Å². The second-order valence-corrected chi connectivity index (χ2v) is 6.23. The Labute approximate surface area is 156 Å². The minimum atomic E-state index is -0.275. The number of aromatic nitrogens is 2. The van der Waals surface area contributed by atoms with Gasteiger partial charge in [-0.25, -0.2) is 0 Å². The summed E-state index contributed by atoms with van der Waals surface area (Å²) in [6, 6.07) is 13.1. The molecule has 0 aliphatic heterocycles. The van der Waals surface area contributed by atoms with Crippen molar-refractivity contribution in [3.63, 3.8) is 0 Å². The number of aryl methyl sites for hydroxylation is 2. The van der Waals surface area contributed by atoms with E-state index in [9.17, 15) is 4.79 Å². The molecule has 0 radical (unpaired) electrons. The van der Waals surface area contributed by atoms with Gasteiger partial charge in [0.2, 0.25) is 11.7 Å². The largest absolute Gasteiger partial charge is 0.483 e. The van der Waals surface area contributed by atoms with E-state index in [1.807, 2.05) is 44.2 Å². The molecule has 0 atom stereocenters. The molecule has 3 aromatic rings. The van der Waals surface area contributed by atoms with Gasteiger partial charge in [0.1, 0.15) is 5.75 Å². The van der Waals surface area contributed by atoms with Crippen LogP contribution in [0.4, 0.5) is 0 Å². The summed E-state index contributed by atoms with van der Waals surface area (Å²) in [6.07, 6.45) is 0. The average molecular weight is 372 g/mol. The van der Waals surface area contributed by atoms with E-state index in [1.54, 1.807) is 12.1 Å². The smallest absolute Gasteiger partial charge is 0.258 e. The van der Waals surface area contributed by atoms with Crippen molar-refractivity contribution in [2.75, 3.05) is 6.61 Å². The molecule has 0 saturated carbocycles. The summed E-state index contributed by atoms with van der Waals surface area (Å²) in [7, 11) is 0. The fraction of sp³-hybridized carbons (Fsp3) is 0.211. The first-order chi connectivity index (χ1) is 12.5. The molecule has 6 nitrogen and oxygen atoms in total. The number of nitrogens with zero attached hydrogens (tertiary/aromatic N) is 2. The number of hydrogen-bond donors (Lipinski definition) is 1. The van der Waals surface area contributed by atoms with Crippen LogP contribution in [0.2, 0.25) is 5.02 Å². The van der Waals surface area contributed by atoms with Gasteiger partial charge in [0, 0.05) is 5.56 Å². The van der Waals surface area contributed by atoms with Crippen molar-refractivity contribution >= 4 is 17.5 Å². The molecule has 0 saturated heterocycles. The van der Waals surface area contributed by atoms with Crippen molar-refractivity contribution in [1.29, 1.82) is 0 Å². The Bertz CT molecular complexity index is 924. The molecule has 134 valence electrons. The molecule has 0 spiro atoms. The summed E-state index contributed by atoms with van der Waals surface area (Å²) >= 11 is 6.11. The lowest BCUT2D eigenvalue weighted by atomic mass is 10.1. The molecule has 1 N–H and O–H groups in total. The molecule has 1 aromatic heterocycles. The van der Waals surface area contributed by atoms with Crippen molar-refractivity contribution in [3.8, 4) is 17.1 Å². The number of amides is 1. The number of ether oxygens (including phenoxy) is 1. The van der Waals surface area contributed by atoms with Gasteiger partial charge in [0.05, 0.1) is 11.6 Å². The van der Waals surface area contributed by atoms with Gasteiger partial charge in [-0.05, 0) is 43.2 Å². The maximum absolute atomic E-state index is 12.0. The molecule has 7 heteroatoms. The molecule has 1 amide bonds. The molecule has 0 aliphatic rings. The highest BCUT2D eigenvalue weighted by atomic mass is 35.5. The van der Waals surface area contributed by atoms with Gasteiger partial charge in [0.25, 0.3) is 5.91 Å². The first kappa shape index (κ1) is 17.9. The fourth-order valence-electron chi connectivity index (χ4n) is 2.31. The lowest BCUT2D eigenvalue weighted by molar-refractivity contribution is -0.123. The maximum Gasteiger partial charge on any atom is 0.258 e. The predicted octanol–water partition coefficient (Wildman–Crippen LogP) is 3.70. The van der Waals surface area contributed by atoms with Gasteiger partial charge in [0.15, 0.2) is 6.61 Å². The molecule has 0 aliphatic carbocycles. The van der Waals surface area contributed by atoms with E-state index >= 15 is 0 Å². The van der Waals surface area contributed by atoms with E-state index in [4.69, 9.17) is 20.9 Å². The Morgan fingerprint density at radius 1 is 1.23 bits per heavy atom. The summed E-state index contributed by atoms with van der Waals surface area (Å²) in [6.45, 7) is 3.93. The second kappa shape index (κ2) is 8.01. The Kier molecular flexibility index (Phi) is 5.53. The summed E-state index contributed by atoms with van der Waals surface area (Å²) < 4.78 is 10.7. The zero-order chi connectivity index (χ0) is 18.5. The first-order valence-electron chi connectivity index (χ1n) is 8.07. The summed E-state index contributed by atoms with van der Waals surface area (Å²) in [5.74, 6) is 1.09. The molecule has 1 heterocycles. The lowest BCUT2D eigenvalue weighted by Gasteiger charge is -2.09. The number of rotatable bonds is 6. The lowest BCUT2D eigenvalue weighted by Crippen LogP contribution is -2.28. The Balaban J connectivity index is 1.54. The third kappa shape index (κ3) is 4.40. The summed E-state index contributed by atoms with van der Waals surface area (Å²) in [4.78, 5) is 16.2. The molecule has 2 aromatic carbocycles. The van der Waals surface area contributed by atoms with Gasteiger partial charge in [-0.3, -0.25) is 4.79 Å². The van der Waals surface area contributed by atoms with Crippen LogP contribution in [0.25, 0.3) is 11.4 Å². The van der Waals surface area contributed by atoms with Crippen LogP contribution >= 0.6 is 11.6 Å². The van der Waals surface area contributed by atoms with Crippen LogP contribution in [0.15, 0.2) is 47.0 Å². The van der Waals surface area contributed by atoms with Crippen molar-refractivity contribution in [2.24, 2.45) is 0 Å². The van der Waals surface area contributed by atoms with Crippen LogP contribution in [0.3, 0.4) is 0 Å². The van der Waals surface area contributed by atoms with Crippen molar-refractivity contribution < 1.29 is 14.1 Å². The minimum absolute atomic E-state index is 0.0875. The predicted molar refractivity (Wildman–Crippen MR) is 98.0 cm³/mol. The Morgan fingerprint density at radius 3 is 2.85 bits per heavy atom. The van der Waals surface area contributed by atoms with E-state index in [2.05, 4.69) is 15.5 Å².